The van der Waals surface area contributed by atoms with Gasteiger partial charge in [0.1, 0.15) is 6.10 Å². The summed E-state index contributed by atoms with van der Waals surface area (Å²) >= 11 is 0. The number of hydrogen-bond acceptors (Lipinski definition) is 4. The molecule has 4 heteroatoms. The highest BCUT2D eigenvalue weighted by Crippen LogP contribution is 2.30. The molecule has 102 valence electrons. The van der Waals surface area contributed by atoms with Crippen LogP contribution in [0, 0.1) is 0 Å². The number of aliphatic hydroxyl groups excluding tert-OH is 1. The summed E-state index contributed by atoms with van der Waals surface area (Å²) in [5.74, 6) is 1.36. The first kappa shape index (κ1) is 14.8. The van der Waals surface area contributed by atoms with Crippen LogP contribution in [0.25, 0.3) is 0 Å². The Morgan fingerprint density at radius 2 is 1.67 bits per heavy atom. The average Bonchev–Trinajstić information content (AvgIpc) is 2.38. The van der Waals surface area contributed by atoms with Crippen molar-refractivity contribution in [1.82, 2.24) is 0 Å². The second-order valence-electron chi connectivity index (χ2n) is 3.75. The first-order chi connectivity index (χ1) is 8.72. The van der Waals surface area contributed by atoms with Crippen LogP contribution in [0.2, 0.25) is 0 Å². The van der Waals surface area contributed by atoms with Crippen molar-refractivity contribution in [2.45, 2.75) is 26.9 Å². The lowest BCUT2D eigenvalue weighted by Gasteiger charge is -2.15. The molecule has 0 aromatic heterocycles. The Morgan fingerprint density at radius 3 is 2.28 bits per heavy atom. The van der Waals surface area contributed by atoms with Gasteiger partial charge in [-0.15, -0.1) is 0 Å². The molecule has 0 aliphatic rings. The predicted octanol–water partition coefficient (Wildman–Crippen LogP) is 2.55. The maximum absolute atomic E-state index is 9.94. The Bertz CT molecular complexity index is 352. The molecule has 0 saturated heterocycles. The minimum Gasteiger partial charge on any atom is -0.490 e. The van der Waals surface area contributed by atoms with Crippen LogP contribution in [0.15, 0.2) is 18.2 Å². The van der Waals surface area contributed by atoms with Crippen molar-refractivity contribution in [3.8, 4) is 11.5 Å². The molecule has 1 aromatic carbocycles. The summed E-state index contributed by atoms with van der Waals surface area (Å²) in [4.78, 5) is 0. The molecule has 0 fully saturated rings. The summed E-state index contributed by atoms with van der Waals surface area (Å²) in [5, 5.41) is 9.94. The van der Waals surface area contributed by atoms with E-state index < -0.39 is 6.10 Å². The van der Waals surface area contributed by atoms with Gasteiger partial charge in [-0.2, -0.15) is 0 Å². The van der Waals surface area contributed by atoms with E-state index in [2.05, 4.69) is 0 Å². The molecule has 0 amide bonds. The number of hydrogen-bond donors (Lipinski definition) is 1. The van der Waals surface area contributed by atoms with Crippen molar-refractivity contribution >= 4 is 0 Å². The fourth-order valence-electron chi connectivity index (χ4n) is 1.60. The summed E-state index contributed by atoms with van der Waals surface area (Å²) in [5.41, 5.74) is 0.773. The van der Waals surface area contributed by atoms with Crippen molar-refractivity contribution in [2.75, 3.05) is 26.4 Å². The molecule has 1 rings (SSSR count). The number of benzene rings is 1. The Kier molecular flexibility index (Phi) is 6.54. The highest BCUT2D eigenvalue weighted by Gasteiger charge is 2.12. The fraction of sp³-hybridized carbons (Fsp3) is 0.571. The molecule has 0 saturated carbocycles. The lowest BCUT2D eigenvalue weighted by molar-refractivity contribution is 0.0418. The quantitative estimate of drug-likeness (QED) is 0.774. The van der Waals surface area contributed by atoms with E-state index in [0.29, 0.717) is 31.3 Å². The van der Waals surface area contributed by atoms with Crippen molar-refractivity contribution in [3.63, 3.8) is 0 Å². The van der Waals surface area contributed by atoms with Gasteiger partial charge in [-0.3, -0.25) is 0 Å². The van der Waals surface area contributed by atoms with E-state index >= 15 is 0 Å². The van der Waals surface area contributed by atoms with Crippen LogP contribution in [-0.4, -0.2) is 31.5 Å². The van der Waals surface area contributed by atoms with Crippen LogP contribution in [0.5, 0.6) is 11.5 Å². The number of rotatable bonds is 8. The van der Waals surface area contributed by atoms with Crippen LogP contribution in [0.4, 0.5) is 0 Å². The van der Waals surface area contributed by atoms with E-state index in [4.69, 9.17) is 14.2 Å². The molecular weight excluding hydrogens is 232 g/mol. The van der Waals surface area contributed by atoms with Crippen LogP contribution in [-0.2, 0) is 4.74 Å². The van der Waals surface area contributed by atoms with Crippen LogP contribution < -0.4 is 9.47 Å². The highest BCUT2D eigenvalue weighted by atomic mass is 16.5. The summed E-state index contributed by atoms with van der Waals surface area (Å²) in [6.07, 6.45) is -0.639. The number of aliphatic hydroxyl groups is 1. The Labute approximate surface area is 108 Å². The van der Waals surface area contributed by atoms with E-state index in [0.717, 1.165) is 5.56 Å². The van der Waals surface area contributed by atoms with Gasteiger partial charge >= 0.3 is 0 Å². The third-order valence-corrected chi connectivity index (χ3v) is 2.43. The first-order valence-electron chi connectivity index (χ1n) is 6.38. The SMILES string of the molecule is CCOCC(O)c1ccc(OCC)c(OCC)c1. The third-order valence-electron chi connectivity index (χ3n) is 2.43. The molecule has 1 atom stereocenters. The van der Waals surface area contributed by atoms with Gasteiger partial charge in [0.2, 0.25) is 0 Å². The molecule has 1 N–H and O–H groups in total. The van der Waals surface area contributed by atoms with Gasteiger partial charge in [0.05, 0.1) is 19.8 Å². The summed E-state index contributed by atoms with van der Waals surface area (Å²) in [6, 6.07) is 5.45. The van der Waals surface area contributed by atoms with Gasteiger partial charge in [-0.05, 0) is 38.5 Å². The molecule has 0 heterocycles. The third kappa shape index (κ3) is 4.20. The first-order valence-corrected chi connectivity index (χ1v) is 6.38. The van der Waals surface area contributed by atoms with Crippen LogP contribution in [0.1, 0.15) is 32.4 Å². The van der Waals surface area contributed by atoms with Crippen LogP contribution in [0.3, 0.4) is 0 Å². The van der Waals surface area contributed by atoms with Crippen molar-refractivity contribution in [3.05, 3.63) is 23.8 Å². The fourth-order valence-corrected chi connectivity index (χ4v) is 1.60. The molecule has 18 heavy (non-hydrogen) atoms. The van der Waals surface area contributed by atoms with Crippen molar-refractivity contribution in [2.24, 2.45) is 0 Å². The van der Waals surface area contributed by atoms with Crippen molar-refractivity contribution < 1.29 is 19.3 Å². The zero-order chi connectivity index (χ0) is 13.4. The van der Waals surface area contributed by atoms with Gasteiger partial charge in [0.25, 0.3) is 0 Å². The van der Waals surface area contributed by atoms with Gasteiger partial charge < -0.3 is 19.3 Å². The Balaban J connectivity index is 2.84. The second kappa shape index (κ2) is 7.95. The Morgan fingerprint density at radius 1 is 1.00 bits per heavy atom. The average molecular weight is 254 g/mol. The topological polar surface area (TPSA) is 47.9 Å². The van der Waals surface area contributed by atoms with E-state index in [1.54, 1.807) is 6.07 Å². The normalized spacial score (nSPS) is 12.2. The monoisotopic (exact) mass is 254 g/mol. The van der Waals surface area contributed by atoms with E-state index in [1.165, 1.54) is 0 Å². The zero-order valence-electron chi connectivity index (χ0n) is 11.3. The molecule has 0 aliphatic heterocycles. The maximum Gasteiger partial charge on any atom is 0.161 e. The van der Waals surface area contributed by atoms with Gasteiger partial charge in [0.15, 0.2) is 11.5 Å². The molecular formula is C14H22O4. The summed E-state index contributed by atoms with van der Waals surface area (Å²) in [7, 11) is 0. The van der Waals surface area contributed by atoms with Gasteiger partial charge in [-0.25, -0.2) is 0 Å². The predicted molar refractivity (Wildman–Crippen MR) is 70.2 cm³/mol. The molecule has 0 bridgehead atoms. The molecule has 0 radical (unpaired) electrons. The van der Waals surface area contributed by atoms with E-state index in [-0.39, 0.29) is 6.61 Å². The molecule has 1 aromatic rings. The van der Waals surface area contributed by atoms with Crippen molar-refractivity contribution in [1.29, 1.82) is 0 Å². The highest BCUT2D eigenvalue weighted by molar-refractivity contribution is 5.43. The largest absolute Gasteiger partial charge is 0.490 e. The number of ether oxygens (including phenoxy) is 3. The van der Waals surface area contributed by atoms with E-state index in [9.17, 15) is 5.11 Å². The molecule has 4 nitrogen and oxygen atoms in total. The van der Waals surface area contributed by atoms with E-state index in [1.807, 2.05) is 32.9 Å². The molecule has 0 aliphatic carbocycles. The smallest absolute Gasteiger partial charge is 0.161 e. The van der Waals surface area contributed by atoms with Gasteiger partial charge in [0, 0.05) is 6.61 Å². The van der Waals surface area contributed by atoms with Crippen LogP contribution >= 0.6 is 0 Å². The van der Waals surface area contributed by atoms with Gasteiger partial charge in [-0.1, -0.05) is 6.07 Å². The lowest BCUT2D eigenvalue weighted by Crippen LogP contribution is -2.08. The molecule has 1 unspecified atom stereocenters. The zero-order valence-corrected chi connectivity index (χ0v) is 11.3. The standard InChI is InChI=1S/C14H22O4/c1-4-16-10-12(15)11-7-8-13(17-5-2)14(9-11)18-6-3/h7-9,12,15H,4-6,10H2,1-3H3. The molecule has 0 spiro atoms. The summed E-state index contributed by atoms with van der Waals surface area (Å²) < 4.78 is 16.2. The second-order valence-corrected chi connectivity index (χ2v) is 3.75. The minimum absolute atomic E-state index is 0.288. The minimum atomic E-state index is -0.639. The summed E-state index contributed by atoms with van der Waals surface area (Å²) in [6.45, 7) is 7.76. The lowest BCUT2D eigenvalue weighted by atomic mass is 10.1. The maximum atomic E-state index is 9.94. The Hall–Kier alpha value is -1.26.